The van der Waals surface area contributed by atoms with Gasteiger partial charge in [-0.25, -0.2) is 9.18 Å². The van der Waals surface area contributed by atoms with Gasteiger partial charge in [0.05, 0.1) is 10.6 Å². The number of aromatic carboxylic acids is 1. The van der Waals surface area contributed by atoms with Crippen molar-refractivity contribution in [1.29, 1.82) is 0 Å². The quantitative estimate of drug-likeness (QED) is 0.903. The molecule has 2 aromatic carbocycles. The molecule has 2 aromatic rings. The van der Waals surface area contributed by atoms with Crippen molar-refractivity contribution in [3.63, 3.8) is 0 Å². The molecule has 0 spiro atoms. The molecule has 0 radical (unpaired) electrons. The third-order valence-electron chi connectivity index (χ3n) is 2.96. The zero-order chi connectivity index (χ0) is 14.0. The molecule has 0 amide bonds. The minimum Gasteiger partial charge on any atom is -0.478 e. The maximum absolute atomic E-state index is 13.2. The molecule has 0 aliphatic carbocycles. The van der Waals surface area contributed by atoms with Crippen molar-refractivity contribution in [2.24, 2.45) is 0 Å². The lowest BCUT2D eigenvalue weighted by Gasteiger charge is -2.10. The maximum Gasteiger partial charge on any atom is 0.337 e. The van der Waals surface area contributed by atoms with Gasteiger partial charge in [-0.1, -0.05) is 30.7 Å². The molecule has 0 aromatic heterocycles. The molecule has 1 N–H and O–H groups in total. The Morgan fingerprint density at radius 3 is 2.63 bits per heavy atom. The van der Waals surface area contributed by atoms with Crippen molar-refractivity contribution < 1.29 is 14.3 Å². The molecule has 2 nitrogen and oxygen atoms in total. The fourth-order valence-electron chi connectivity index (χ4n) is 1.99. The molecule has 0 bridgehead atoms. The summed E-state index contributed by atoms with van der Waals surface area (Å²) < 4.78 is 13.2. The number of hydrogen-bond acceptors (Lipinski definition) is 1. The molecular weight excluding hydrogens is 267 g/mol. The molecule has 0 saturated heterocycles. The van der Waals surface area contributed by atoms with Gasteiger partial charge in [0.1, 0.15) is 5.82 Å². The Balaban J connectivity index is 2.59. The maximum atomic E-state index is 13.2. The molecule has 2 rings (SSSR count). The fraction of sp³-hybridized carbons (Fsp3) is 0.133. The SMILES string of the molecule is CCc1cc(F)ccc1-c1ccc(Cl)c(C(=O)O)c1. The van der Waals surface area contributed by atoms with E-state index in [2.05, 4.69) is 0 Å². The molecule has 98 valence electrons. The van der Waals surface area contributed by atoms with Crippen molar-refractivity contribution in [1.82, 2.24) is 0 Å². The van der Waals surface area contributed by atoms with Gasteiger partial charge in [-0.05, 0) is 47.4 Å². The Morgan fingerprint density at radius 2 is 2.00 bits per heavy atom. The van der Waals surface area contributed by atoms with Crippen LogP contribution in [0.5, 0.6) is 0 Å². The summed E-state index contributed by atoms with van der Waals surface area (Å²) in [6.07, 6.45) is 0.665. The summed E-state index contributed by atoms with van der Waals surface area (Å²) in [4.78, 5) is 11.1. The number of carboxylic acids is 1. The third-order valence-corrected chi connectivity index (χ3v) is 3.29. The average Bonchev–Trinajstić information content (AvgIpc) is 2.39. The van der Waals surface area contributed by atoms with Crippen LogP contribution in [0, 0.1) is 5.82 Å². The van der Waals surface area contributed by atoms with E-state index in [-0.39, 0.29) is 16.4 Å². The van der Waals surface area contributed by atoms with Crippen molar-refractivity contribution >= 4 is 17.6 Å². The first-order valence-electron chi connectivity index (χ1n) is 5.84. The predicted molar refractivity (Wildman–Crippen MR) is 73.2 cm³/mol. The number of hydrogen-bond donors (Lipinski definition) is 1. The van der Waals surface area contributed by atoms with Crippen LogP contribution >= 0.6 is 11.6 Å². The summed E-state index contributed by atoms with van der Waals surface area (Å²) in [5.41, 5.74) is 2.42. The standard InChI is InChI=1S/C15H12ClFO2/c1-2-9-7-11(17)4-5-12(9)10-3-6-14(16)13(8-10)15(18)19/h3-8H,2H2,1H3,(H,18,19). The number of carboxylic acid groups (broad SMARTS) is 1. The Hall–Kier alpha value is -1.87. The van der Waals surface area contributed by atoms with E-state index in [0.717, 1.165) is 16.7 Å². The second-order valence-corrected chi connectivity index (χ2v) is 4.56. The molecule has 19 heavy (non-hydrogen) atoms. The second-order valence-electron chi connectivity index (χ2n) is 4.15. The van der Waals surface area contributed by atoms with Crippen LogP contribution in [0.3, 0.4) is 0 Å². The molecule has 0 saturated carbocycles. The Bertz CT molecular complexity index is 638. The first-order chi connectivity index (χ1) is 9.02. The summed E-state index contributed by atoms with van der Waals surface area (Å²) in [6, 6.07) is 9.28. The minimum atomic E-state index is -1.08. The van der Waals surface area contributed by atoms with E-state index in [1.807, 2.05) is 6.92 Å². The lowest BCUT2D eigenvalue weighted by Crippen LogP contribution is -1.98. The lowest BCUT2D eigenvalue weighted by molar-refractivity contribution is 0.0697. The topological polar surface area (TPSA) is 37.3 Å². The van der Waals surface area contributed by atoms with Crippen LogP contribution in [0.25, 0.3) is 11.1 Å². The van der Waals surface area contributed by atoms with Crippen LogP contribution in [0.1, 0.15) is 22.8 Å². The predicted octanol–water partition coefficient (Wildman–Crippen LogP) is 4.41. The summed E-state index contributed by atoms with van der Waals surface area (Å²) in [5.74, 6) is -1.37. The van der Waals surface area contributed by atoms with E-state index in [9.17, 15) is 9.18 Å². The van der Waals surface area contributed by atoms with Crippen molar-refractivity contribution in [2.75, 3.05) is 0 Å². The molecule has 0 atom stereocenters. The van der Waals surface area contributed by atoms with Gasteiger partial charge < -0.3 is 5.11 Å². The third kappa shape index (κ3) is 2.76. The van der Waals surface area contributed by atoms with Gasteiger partial charge in [0, 0.05) is 0 Å². The smallest absolute Gasteiger partial charge is 0.337 e. The van der Waals surface area contributed by atoms with Crippen LogP contribution in [-0.2, 0) is 6.42 Å². The number of benzene rings is 2. The largest absolute Gasteiger partial charge is 0.478 e. The molecular formula is C15H12ClFO2. The first kappa shape index (κ1) is 13.6. The highest BCUT2D eigenvalue weighted by Gasteiger charge is 2.12. The zero-order valence-electron chi connectivity index (χ0n) is 10.3. The van der Waals surface area contributed by atoms with E-state index in [1.54, 1.807) is 18.2 Å². The average molecular weight is 279 g/mol. The van der Waals surface area contributed by atoms with E-state index in [1.165, 1.54) is 18.2 Å². The van der Waals surface area contributed by atoms with E-state index in [4.69, 9.17) is 16.7 Å². The first-order valence-corrected chi connectivity index (χ1v) is 6.22. The zero-order valence-corrected chi connectivity index (χ0v) is 11.0. The molecule has 0 aliphatic heterocycles. The van der Waals surface area contributed by atoms with Crippen LogP contribution in [0.2, 0.25) is 5.02 Å². The molecule has 0 fully saturated rings. The monoisotopic (exact) mass is 278 g/mol. The van der Waals surface area contributed by atoms with Crippen LogP contribution in [0.4, 0.5) is 4.39 Å². The Morgan fingerprint density at radius 1 is 1.26 bits per heavy atom. The van der Waals surface area contributed by atoms with E-state index in [0.29, 0.717) is 6.42 Å². The van der Waals surface area contributed by atoms with Gasteiger partial charge in [-0.2, -0.15) is 0 Å². The normalized spacial score (nSPS) is 10.5. The van der Waals surface area contributed by atoms with Crippen molar-refractivity contribution in [2.45, 2.75) is 13.3 Å². The number of aryl methyl sites for hydroxylation is 1. The lowest BCUT2D eigenvalue weighted by atomic mass is 9.96. The number of rotatable bonds is 3. The van der Waals surface area contributed by atoms with E-state index < -0.39 is 5.97 Å². The van der Waals surface area contributed by atoms with Crippen LogP contribution in [0.15, 0.2) is 36.4 Å². The minimum absolute atomic E-state index is 0.0468. The highest BCUT2D eigenvalue weighted by molar-refractivity contribution is 6.33. The molecule has 0 heterocycles. The highest BCUT2D eigenvalue weighted by atomic mass is 35.5. The molecule has 0 aliphatic rings. The van der Waals surface area contributed by atoms with E-state index >= 15 is 0 Å². The van der Waals surface area contributed by atoms with Gasteiger partial charge in [0.15, 0.2) is 0 Å². The highest BCUT2D eigenvalue weighted by Crippen LogP contribution is 2.28. The van der Waals surface area contributed by atoms with Gasteiger partial charge in [0.2, 0.25) is 0 Å². The molecule has 0 unspecified atom stereocenters. The van der Waals surface area contributed by atoms with Crippen LogP contribution < -0.4 is 0 Å². The fourth-order valence-corrected chi connectivity index (χ4v) is 2.19. The van der Waals surface area contributed by atoms with Gasteiger partial charge in [0.25, 0.3) is 0 Å². The Kier molecular flexibility index (Phi) is 3.86. The Labute approximate surface area is 115 Å². The summed E-state index contributed by atoms with van der Waals surface area (Å²) >= 11 is 5.84. The second kappa shape index (κ2) is 5.41. The van der Waals surface area contributed by atoms with Crippen LogP contribution in [-0.4, -0.2) is 11.1 Å². The van der Waals surface area contributed by atoms with Gasteiger partial charge in [-0.3, -0.25) is 0 Å². The van der Waals surface area contributed by atoms with Gasteiger partial charge >= 0.3 is 5.97 Å². The van der Waals surface area contributed by atoms with Gasteiger partial charge in [-0.15, -0.1) is 0 Å². The summed E-state index contributed by atoms with van der Waals surface area (Å²) in [7, 11) is 0. The number of halogens is 2. The molecule has 4 heteroatoms. The van der Waals surface area contributed by atoms with Crippen molar-refractivity contribution in [3.8, 4) is 11.1 Å². The van der Waals surface area contributed by atoms with Crippen molar-refractivity contribution in [3.05, 3.63) is 58.4 Å². The summed E-state index contributed by atoms with van der Waals surface area (Å²) in [5, 5.41) is 9.25. The number of carbonyl (C=O) groups is 1. The summed E-state index contributed by atoms with van der Waals surface area (Å²) in [6.45, 7) is 1.92.